The standard InChI is InChI=1S/C13H24N2O3/c1-14(2)12(16)18-9-11-5-7-13(10-17-3)6-4-8-15(11)13/h11H,4-10H2,1-3H3/t11-,13-/m0/s1. The van der Waals surface area contributed by atoms with Crippen molar-refractivity contribution in [3.63, 3.8) is 0 Å². The van der Waals surface area contributed by atoms with Gasteiger partial charge in [-0.2, -0.15) is 0 Å². The summed E-state index contributed by atoms with van der Waals surface area (Å²) in [6, 6.07) is 0.367. The molecular weight excluding hydrogens is 232 g/mol. The number of rotatable bonds is 4. The maximum absolute atomic E-state index is 11.5. The van der Waals surface area contributed by atoms with Gasteiger partial charge in [-0.15, -0.1) is 0 Å². The van der Waals surface area contributed by atoms with Gasteiger partial charge in [0.15, 0.2) is 0 Å². The fourth-order valence-corrected chi connectivity index (χ4v) is 3.35. The van der Waals surface area contributed by atoms with Crippen molar-refractivity contribution in [3.8, 4) is 0 Å². The minimum absolute atomic E-state index is 0.212. The highest BCUT2D eigenvalue weighted by molar-refractivity contribution is 5.66. The highest BCUT2D eigenvalue weighted by Crippen LogP contribution is 2.42. The van der Waals surface area contributed by atoms with Crippen LogP contribution in [-0.4, -0.2) is 68.4 Å². The van der Waals surface area contributed by atoms with Gasteiger partial charge in [0.05, 0.1) is 6.61 Å². The molecule has 5 nitrogen and oxygen atoms in total. The number of nitrogens with zero attached hydrogens (tertiary/aromatic N) is 2. The predicted octanol–water partition coefficient (Wildman–Crippen LogP) is 1.33. The zero-order valence-corrected chi connectivity index (χ0v) is 11.6. The van der Waals surface area contributed by atoms with E-state index in [0.29, 0.717) is 12.6 Å². The van der Waals surface area contributed by atoms with Crippen LogP contribution in [0, 0.1) is 0 Å². The van der Waals surface area contributed by atoms with Gasteiger partial charge in [-0.05, 0) is 32.2 Å². The zero-order valence-electron chi connectivity index (χ0n) is 11.6. The molecule has 0 N–H and O–H groups in total. The van der Waals surface area contributed by atoms with Crippen LogP contribution >= 0.6 is 0 Å². The van der Waals surface area contributed by atoms with E-state index in [9.17, 15) is 4.79 Å². The number of fused-ring (bicyclic) bond motifs is 1. The van der Waals surface area contributed by atoms with Gasteiger partial charge in [0.1, 0.15) is 6.61 Å². The van der Waals surface area contributed by atoms with Crippen molar-refractivity contribution in [2.75, 3.05) is 41.0 Å². The molecule has 0 radical (unpaired) electrons. The smallest absolute Gasteiger partial charge is 0.409 e. The Labute approximate surface area is 109 Å². The molecule has 104 valence electrons. The zero-order chi connectivity index (χ0) is 13.2. The summed E-state index contributed by atoms with van der Waals surface area (Å²) in [5, 5.41) is 0. The van der Waals surface area contributed by atoms with Gasteiger partial charge in [-0.3, -0.25) is 4.90 Å². The van der Waals surface area contributed by atoms with Crippen molar-refractivity contribution < 1.29 is 14.3 Å². The fraction of sp³-hybridized carbons (Fsp3) is 0.923. The first-order valence-electron chi connectivity index (χ1n) is 6.69. The minimum Gasteiger partial charge on any atom is -0.448 e. The third kappa shape index (κ3) is 2.47. The average molecular weight is 256 g/mol. The van der Waals surface area contributed by atoms with E-state index in [1.807, 2.05) is 0 Å². The van der Waals surface area contributed by atoms with E-state index in [0.717, 1.165) is 26.0 Å². The Kier molecular flexibility index (Phi) is 4.12. The van der Waals surface area contributed by atoms with E-state index in [2.05, 4.69) is 4.90 Å². The number of hydrogen-bond acceptors (Lipinski definition) is 4. The van der Waals surface area contributed by atoms with Crippen LogP contribution in [0.4, 0.5) is 4.79 Å². The van der Waals surface area contributed by atoms with Crippen LogP contribution in [-0.2, 0) is 9.47 Å². The van der Waals surface area contributed by atoms with Gasteiger partial charge >= 0.3 is 6.09 Å². The summed E-state index contributed by atoms with van der Waals surface area (Å²) in [6.45, 7) is 2.40. The second-order valence-electron chi connectivity index (χ2n) is 5.62. The van der Waals surface area contributed by atoms with Crippen molar-refractivity contribution in [1.82, 2.24) is 9.80 Å². The SMILES string of the molecule is COC[C@@]12CCCN1[C@H](COC(=O)N(C)C)CC2. The van der Waals surface area contributed by atoms with Gasteiger partial charge in [0.25, 0.3) is 0 Å². The Bertz CT molecular complexity index is 309. The lowest BCUT2D eigenvalue weighted by atomic mass is 9.95. The molecule has 18 heavy (non-hydrogen) atoms. The molecule has 0 aromatic carbocycles. The molecule has 0 saturated carbocycles. The summed E-state index contributed by atoms with van der Waals surface area (Å²) in [6.07, 6.45) is 4.44. The Morgan fingerprint density at radius 1 is 1.44 bits per heavy atom. The summed E-state index contributed by atoms with van der Waals surface area (Å²) < 4.78 is 10.7. The lowest BCUT2D eigenvalue weighted by Crippen LogP contribution is -2.47. The van der Waals surface area contributed by atoms with Crippen molar-refractivity contribution in [2.45, 2.75) is 37.3 Å². The molecule has 2 fully saturated rings. The number of carbonyl (C=O) groups is 1. The molecule has 2 atom stereocenters. The topological polar surface area (TPSA) is 42.0 Å². The van der Waals surface area contributed by atoms with Gasteiger partial charge in [0, 0.05) is 32.8 Å². The molecule has 0 bridgehead atoms. The molecule has 0 aromatic rings. The van der Waals surface area contributed by atoms with Gasteiger partial charge in [-0.25, -0.2) is 4.79 Å². The van der Waals surface area contributed by atoms with Crippen LogP contribution in [0.15, 0.2) is 0 Å². The van der Waals surface area contributed by atoms with E-state index in [4.69, 9.17) is 9.47 Å². The van der Waals surface area contributed by atoms with Crippen molar-refractivity contribution in [2.24, 2.45) is 0 Å². The number of hydrogen-bond donors (Lipinski definition) is 0. The van der Waals surface area contributed by atoms with E-state index in [1.165, 1.54) is 17.7 Å². The van der Waals surface area contributed by atoms with Crippen molar-refractivity contribution >= 4 is 6.09 Å². The molecule has 2 aliphatic heterocycles. The minimum atomic E-state index is -0.251. The number of carbonyl (C=O) groups excluding carboxylic acids is 1. The number of methoxy groups -OCH3 is 1. The number of amides is 1. The largest absolute Gasteiger partial charge is 0.448 e. The second kappa shape index (κ2) is 5.45. The molecule has 5 heteroatoms. The monoisotopic (exact) mass is 256 g/mol. The van der Waals surface area contributed by atoms with Gasteiger partial charge in [0.2, 0.25) is 0 Å². The molecule has 0 unspecified atom stereocenters. The Hall–Kier alpha value is -0.810. The first-order chi connectivity index (χ1) is 8.59. The fourth-order valence-electron chi connectivity index (χ4n) is 3.35. The summed E-state index contributed by atoms with van der Waals surface area (Å²) in [4.78, 5) is 15.4. The normalized spacial score (nSPS) is 31.4. The summed E-state index contributed by atoms with van der Waals surface area (Å²) in [7, 11) is 5.19. The molecular formula is C13H24N2O3. The Morgan fingerprint density at radius 2 is 2.22 bits per heavy atom. The van der Waals surface area contributed by atoms with Gasteiger partial charge < -0.3 is 14.4 Å². The molecule has 0 aromatic heterocycles. The predicted molar refractivity (Wildman–Crippen MR) is 68.6 cm³/mol. The van der Waals surface area contributed by atoms with Crippen molar-refractivity contribution in [3.05, 3.63) is 0 Å². The molecule has 2 saturated heterocycles. The molecule has 0 spiro atoms. The summed E-state index contributed by atoms with van der Waals surface area (Å²) in [5.74, 6) is 0. The molecule has 0 aliphatic carbocycles. The van der Waals surface area contributed by atoms with Crippen LogP contribution in [0.1, 0.15) is 25.7 Å². The molecule has 2 rings (SSSR count). The molecule has 2 heterocycles. The first-order valence-corrected chi connectivity index (χ1v) is 6.69. The average Bonchev–Trinajstić information content (AvgIpc) is 2.85. The summed E-state index contributed by atoms with van der Waals surface area (Å²) >= 11 is 0. The van der Waals surface area contributed by atoms with Crippen LogP contribution < -0.4 is 0 Å². The third-order valence-corrected chi connectivity index (χ3v) is 4.21. The number of ether oxygens (including phenoxy) is 2. The maximum atomic E-state index is 11.5. The first kappa shape index (κ1) is 13.6. The van der Waals surface area contributed by atoms with Crippen LogP contribution in [0.3, 0.4) is 0 Å². The third-order valence-electron chi connectivity index (χ3n) is 4.21. The lowest BCUT2D eigenvalue weighted by molar-refractivity contribution is 0.0293. The quantitative estimate of drug-likeness (QED) is 0.761. The van der Waals surface area contributed by atoms with Crippen LogP contribution in [0.2, 0.25) is 0 Å². The van der Waals surface area contributed by atoms with E-state index in [-0.39, 0.29) is 11.6 Å². The Balaban J connectivity index is 1.90. The van der Waals surface area contributed by atoms with E-state index in [1.54, 1.807) is 21.2 Å². The van der Waals surface area contributed by atoms with Crippen LogP contribution in [0.25, 0.3) is 0 Å². The lowest BCUT2D eigenvalue weighted by Gasteiger charge is -2.34. The highest BCUT2D eigenvalue weighted by atomic mass is 16.6. The van der Waals surface area contributed by atoms with E-state index >= 15 is 0 Å². The van der Waals surface area contributed by atoms with Crippen LogP contribution in [0.5, 0.6) is 0 Å². The molecule has 1 amide bonds. The molecule has 2 aliphatic rings. The van der Waals surface area contributed by atoms with E-state index < -0.39 is 0 Å². The van der Waals surface area contributed by atoms with Crippen molar-refractivity contribution in [1.29, 1.82) is 0 Å². The maximum Gasteiger partial charge on any atom is 0.409 e. The van der Waals surface area contributed by atoms with Gasteiger partial charge in [-0.1, -0.05) is 0 Å². The second-order valence-corrected chi connectivity index (χ2v) is 5.62. The summed E-state index contributed by atoms with van der Waals surface area (Å²) in [5.41, 5.74) is 0.212. The highest BCUT2D eigenvalue weighted by Gasteiger charge is 2.49. The Morgan fingerprint density at radius 3 is 2.89 bits per heavy atom.